The van der Waals surface area contributed by atoms with Gasteiger partial charge in [-0.15, -0.1) is 0 Å². The lowest BCUT2D eigenvalue weighted by Crippen LogP contribution is -2.20. The zero-order valence-corrected chi connectivity index (χ0v) is 9.07. The third-order valence-corrected chi connectivity index (χ3v) is 2.74. The molecule has 1 unspecified atom stereocenters. The number of imidazole rings is 1. The van der Waals surface area contributed by atoms with Gasteiger partial charge in [-0.25, -0.2) is 4.98 Å². The summed E-state index contributed by atoms with van der Waals surface area (Å²) in [5.74, 6) is 0. The van der Waals surface area contributed by atoms with E-state index >= 15 is 0 Å². The van der Waals surface area contributed by atoms with Gasteiger partial charge in [-0.3, -0.25) is 0 Å². The molecule has 0 amide bonds. The minimum Gasteiger partial charge on any atom is -0.386 e. The molecule has 0 saturated heterocycles. The zero-order valence-electron chi connectivity index (χ0n) is 9.07. The molecule has 1 aromatic rings. The van der Waals surface area contributed by atoms with Crippen molar-refractivity contribution in [1.29, 1.82) is 0 Å². The summed E-state index contributed by atoms with van der Waals surface area (Å²) in [6.07, 6.45) is 5.64. The lowest BCUT2D eigenvalue weighted by Gasteiger charge is -2.26. The molecule has 2 rings (SSSR count). The van der Waals surface area contributed by atoms with Crippen LogP contribution in [0, 0.1) is 5.41 Å². The molecule has 1 aliphatic carbocycles. The van der Waals surface area contributed by atoms with Crippen LogP contribution in [0.2, 0.25) is 0 Å². The van der Waals surface area contributed by atoms with Crippen molar-refractivity contribution < 1.29 is 5.11 Å². The van der Waals surface area contributed by atoms with Crippen molar-refractivity contribution in [3.63, 3.8) is 0 Å². The summed E-state index contributed by atoms with van der Waals surface area (Å²) in [6.45, 7) is 6.13. The van der Waals surface area contributed by atoms with Crippen LogP contribution in [0.5, 0.6) is 0 Å². The maximum absolute atomic E-state index is 10.1. The van der Waals surface area contributed by atoms with E-state index in [9.17, 15) is 5.11 Å². The van der Waals surface area contributed by atoms with Gasteiger partial charge in [-0.05, 0) is 18.3 Å². The van der Waals surface area contributed by atoms with Crippen molar-refractivity contribution in [2.75, 3.05) is 0 Å². The Kier molecular flexibility index (Phi) is 2.14. The summed E-state index contributed by atoms with van der Waals surface area (Å²) in [4.78, 5) is 4.12. The summed E-state index contributed by atoms with van der Waals surface area (Å²) in [7, 11) is 0. The SMILES string of the molecule is CC(C)(C)C(O)c1cncn1C1CC1. The van der Waals surface area contributed by atoms with Crippen LogP contribution in [0.4, 0.5) is 0 Å². The Hall–Kier alpha value is -0.830. The highest BCUT2D eigenvalue weighted by Crippen LogP contribution is 2.40. The number of hydrogen-bond acceptors (Lipinski definition) is 2. The van der Waals surface area contributed by atoms with Crippen LogP contribution in [0.25, 0.3) is 0 Å². The van der Waals surface area contributed by atoms with E-state index in [2.05, 4.69) is 9.55 Å². The number of nitrogens with zero attached hydrogens (tertiary/aromatic N) is 2. The molecular weight excluding hydrogens is 176 g/mol. The molecule has 3 nitrogen and oxygen atoms in total. The number of rotatable bonds is 2. The second-order valence-corrected chi connectivity index (χ2v) is 5.23. The molecule has 1 heterocycles. The highest BCUT2D eigenvalue weighted by Gasteiger charge is 2.31. The number of hydrogen-bond donors (Lipinski definition) is 1. The molecule has 14 heavy (non-hydrogen) atoms. The smallest absolute Gasteiger partial charge is 0.100 e. The van der Waals surface area contributed by atoms with Gasteiger partial charge in [-0.2, -0.15) is 0 Å². The predicted octanol–water partition coefficient (Wildman–Crippen LogP) is 2.30. The predicted molar refractivity (Wildman–Crippen MR) is 54.9 cm³/mol. The zero-order chi connectivity index (χ0) is 10.3. The van der Waals surface area contributed by atoms with Gasteiger partial charge in [0.05, 0.1) is 18.2 Å². The average Bonchev–Trinajstić information content (AvgIpc) is 2.81. The first-order valence-corrected chi connectivity index (χ1v) is 5.20. The van der Waals surface area contributed by atoms with E-state index in [0.717, 1.165) is 5.69 Å². The maximum atomic E-state index is 10.1. The Labute approximate surface area is 84.8 Å². The highest BCUT2D eigenvalue weighted by atomic mass is 16.3. The summed E-state index contributed by atoms with van der Waals surface area (Å²) in [5, 5.41) is 10.1. The van der Waals surface area contributed by atoms with E-state index in [1.165, 1.54) is 12.8 Å². The van der Waals surface area contributed by atoms with Crippen LogP contribution in [0.15, 0.2) is 12.5 Å². The van der Waals surface area contributed by atoms with Crippen LogP contribution in [-0.2, 0) is 0 Å². The number of aliphatic hydroxyl groups is 1. The van der Waals surface area contributed by atoms with Gasteiger partial charge in [0.15, 0.2) is 0 Å². The second kappa shape index (κ2) is 3.09. The molecule has 0 bridgehead atoms. The van der Waals surface area contributed by atoms with Gasteiger partial charge in [-0.1, -0.05) is 20.8 Å². The summed E-state index contributed by atoms with van der Waals surface area (Å²) >= 11 is 0. The minimum absolute atomic E-state index is 0.118. The van der Waals surface area contributed by atoms with Gasteiger partial charge < -0.3 is 9.67 Å². The van der Waals surface area contributed by atoms with Crippen LogP contribution >= 0.6 is 0 Å². The topological polar surface area (TPSA) is 38.1 Å². The Morgan fingerprint density at radius 3 is 2.64 bits per heavy atom. The Bertz CT molecular complexity index is 320. The third kappa shape index (κ3) is 1.69. The molecule has 1 aromatic heterocycles. The average molecular weight is 194 g/mol. The Balaban J connectivity index is 2.26. The fraction of sp³-hybridized carbons (Fsp3) is 0.727. The van der Waals surface area contributed by atoms with E-state index in [1.807, 2.05) is 27.1 Å². The largest absolute Gasteiger partial charge is 0.386 e. The lowest BCUT2D eigenvalue weighted by molar-refractivity contribution is 0.0556. The van der Waals surface area contributed by atoms with Gasteiger partial charge in [0, 0.05) is 6.04 Å². The minimum atomic E-state index is -0.425. The fourth-order valence-electron chi connectivity index (χ4n) is 1.63. The first kappa shape index (κ1) is 9.71. The van der Waals surface area contributed by atoms with Crippen molar-refractivity contribution in [3.05, 3.63) is 18.2 Å². The van der Waals surface area contributed by atoms with E-state index in [4.69, 9.17) is 0 Å². The van der Waals surface area contributed by atoms with Crippen molar-refractivity contribution >= 4 is 0 Å². The summed E-state index contributed by atoms with van der Waals surface area (Å²) in [6, 6.07) is 0.587. The first-order valence-electron chi connectivity index (χ1n) is 5.20. The molecular formula is C11H18N2O. The van der Waals surface area contributed by atoms with Crippen molar-refractivity contribution in [2.24, 2.45) is 5.41 Å². The first-order chi connectivity index (χ1) is 6.50. The maximum Gasteiger partial charge on any atom is 0.100 e. The molecule has 0 radical (unpaired) electrons. The van der Waals surface area contributed by atoms with E-state index in [0.29, 0.717) is 6.04 Å². The molecule has 0 aliphatic heterocycles. The second-order valence-electron chi connectivity index (χ2n) is 5.23. The van der Waals surface area contributed by atoms with Crippen LogP contribution in [0.1, 0.15) is 51.5 Å². The molecule has 1 fully saturated rings. The Morgan fingerprint density at radius 2 is 2.14 bits per heavy atom. The lowest BCUT2D eigenvalue weighted by atomic mass is 9.87. The number of aliphatic hydroxyl groups excluding tert-OH is 1. The monoisotopic (exact) mass is 194 g/mol. The van der Waals surface area contributed by atoms with Gasteiger partial charge in [0.1, 0.15) is 6.10 Å². The quantitative estimate of drug-likeness (QED) is 0.784. The highest BCUT2D eigenvalue weighted by molar-refractivity contribution is 5.09. The van der Waals surface area contributed by atoms with Gasteiger partial charge in [0.2, 0.25) is 0 Å². The molecule has 3 heteroatoms. The van der Waals surface area contributed by atoms with Crippen LogP contribution in [0.3, 0.4) is 0 Å². The van der Waals surface area contributed by atoms with E-state index in [1.54, 1.807) is 6.20 Å². The molecule has 1 aliphatic rings. The summed E-state index contributed by atoms with van der Waals surface area (Å²) < 4.78 is 2.12. The van der Waals surface area contributed by atoms with E-state index < -0.39 is 6.10 Å². The molecule has 1 N–H and O–H groups in total. The molecule has 1 atom stereocenters. The normalized spacial score (nSPS) is 19.7. The number of aromatic nitrogens is 2. The third-order valence-electron chi connectivity index (χ3n) is 2.74. The molecule has 0 aromatic carbocycles. The summed E-state index contributed by atoms with van der Waals surface area (Å²) in [5.41, 5.74) is 0.840. The molecule has 0 spiro atoms. The van der Waals surface area contributed by atoms with Crippen molar-refractivity contribution in [2.45, 2.75) is 45.8 Å². The van der Waals surface area contributed by atoms with Gasteiger partial charge >= 0.3 is 0 Å². The van der Waals surface area contributed by atoms with Crippen molar-refractivity contribution in [3.8, 4) is 0 Å². The standard InChI is InChI=1S/C11H18N2O/c1-11(2,3)10(14)9-6-12-7-13(9)8-4-5-8/h6-8,10,14H,4-5H2,1-3H3. The van der Waals surface area contributed by atoms with Crippen molar-refractivity contribution in [1.82, 2.24) is 9.55 Å². The Morgan fingerprint density at radius 1 is 1.50 bits per heavy atom. The molecule has 1 saturated carbocycles. The van der Waals surface area contributed by atoms with Gasteiger partial charge in [0.25, 0.3) is 0 Å². The fourth-order valence-corrected chi connectivity index (χ4v) is 1.63. The van der Waals surface area contributed by atoms with Crippen LogP contribution < -0.4 is 0 Å². The van der Waals surface area contributed by atoms with E-state index in [-0.39, 0.29) is 5.41 Å². The molecule has 78 valence electrons. The van der Waals surface area contributed by atoms with Crippen LogP contribution in [-0.4, -0.2) is 14.7 Å².